The number of carbonyl (C=O) groups is 1. The van der Waals surface area contributed by atoms with Crippen LogP contribution in [-0.2, 0) is 6.54 Å². The maximum absolute atomic E-state index is 14.1. The number of imidazole rings is 1. The second kappa shape index (κ2) is 7.57. The van der Waals surface area contributed by atoms with Gasteiger partial charge < -0.3 is 5.32 Å². The smallest absolute Gasteiger partial charge is 0.273 e. The van der Waals surface area contributed by atoms with Gasteiger partial charge in [-0.25, -0.2) is 19.0 Å². The molecule has 0 aliphatic heterocycles. The van der Waals surface area contributed by atoms with Crippen molar-refractivity contribution in [1.29, 1.82) is 0 Å². The second-order valence-corrected chi connectivity index (χ2v) is 6.20. The summed E-state index contributed by atoms with van der Waals surface area (Å²) in [5.74, 6) is -0.383. The molecular weight excluding hydrogens is 385 g/mol. The SMILES string of the molecule is O=C(NCc1ccnc(-n2ccnc2)c1)c1cn(-c2cccc(Cl)c2F)nn1. The summed E-state index contributed by atoms with van der Waals surface area (Å²) in [5.41, 5.74) is 1.02. The van der Waals surface area contributed by atoms with Gasteiger partial charge in [0.1, 0.15) is 17.8 Å². The summed E-state index contributed by atoms with van der Waals surface area (Å²) in [6.45, 7) is 0.265. The van der Waals surface area contributed by atoms with Crippen molar-refractivity contribution < 1.29 is 9.18 Å². The normalized spacial score (nSPS) is 10.8. The molecule has 0 bridgehead atoms. The molecule has 10 heteroatoms. The van der Waals surface area contributed by atoms with Crippen LogP contribution in [0.3, 0.4) is 0 Å². The van der Waals surface area contributed by atoms with Gasteiger partial charge in [0.25, 0.3) is 5.91 Å². The summed E-state index contributed by atoms with van der Waals surface area (Å²) >= 11 is 5.77. The number of nitrogens with zero attached hydrogens (tertiary/aromatic N) is 6. The second-order valence-electron chi connectivity index (χ2n) is 5.80. The molecule has 0 saturated carbocycles. The van der Waals surface area contributed by atoms with Crippen LogP contribution in [0.1, 0.15) is 16.1 Å². The van der Waals surface area contributed by atoms with Crippen molar-refractivity contribution in [3.8, 4) is 11.5 Å². The Labute approximate surface area is 163 Å². The van der Waals surface area contributed by atoms with E-state index in [0.717, 1.165) is 5.56 Å². The molecule has 3 aromatic heterocycles. The molecule has 0 radical (unpaired) electrons. The highest BCUT2D eigenvalue weighted by Crippen LogP contribution is 2.20. The van der Waals surface area contributed by atoms with E-state index in [9.17, 15) is 9.18 Å². The third kappa shape index (κ3) is 3.60. The lowest BCUT2D eigenvalue weighted by atomic mass is 10.2. The molecule has 4 aromatic rings. The Morgan fingerprint density at radius 3 is 2.96 bits per heavy atom. The molecule has 1 aromatic carbocycles. The van der Waals surface area contributed by atoms with Crippen LogP contribution >= 0.6 is 11.6 Å². The molecule has 1 amide bonds. The first-order valence-corrected chi connectivity index (χ1v) is 8.58. The molecule has 0 spiro atoms. The summed E-state index contributed by atoms with van der Waals surface area (Å²) in [6.07, 6.45) is 8.06. The minimum absolute atomic E-state index is 0.0367. The summed E-state index contributed by atoms with van der Waals surface area (Å²) in [7, 11) is 0. The Hall–Kier alpha value is -3.59. The highest BCUT2D eigenvalue weighted by molar-refractivity contribution is 6.30. The molecule has 4 rings (SSSR count). The van der Waals surface area contributed by atoms with E-state index in [1.54, 1.807) is 41.6 Å². The van der Waals surface area contributed by atoms with Crippen molar-refractivity contribution in [3.63, 3.8) is 0 Å². The van der Waals surface area contributed by atoms with Gasteiger partial charge in [-0.2, -0.15) is 0 Å². The average Bonchev–Trinajstić information content (AvgIpc) is 3.41. The van der Waals surface area contributed by atoms with Gasteiger partial charge in [-0.1, -0.05) is 22.9 Å². The minimum atomic E-state index is -0.634. The number of hydrogen-bond donors (Lipinski definition) is 1. The Bertz CT molecular complexity index is 1130. The lowest BCUT2D eigenvalue weighted by Crippen LogP contribution is -2.23. The van der Waals surface area contributed by atoms with Crippen LogP contribution in [0, 0.1) is 5.82 Å². The topological polar surface area (TPSA) is 90.5 Å². The molecule has 140 valence electrons. The zero-order chi connectivity index (χ0) is 19.5. The first-order valence-electron chi connectivity index (χ1n) is 8.20. The molecule has 28 heavy (non-hydrogen) atoms. The minimum Gasteiger partial charge on any atom is -0.347 e. The average molecular weight is 398 g/mol. The van der Waals surface area contributed by atoms with Crippen LogP contribution in [0.4, 0.5) is 4.39 Å². The zero-order valence-electron chi connectivity index (χ0n) is 14.3. The van der Waals surface area contributed by atoms with Crippen LogP contribution in [0.2, 0.25) is 5.02 Å². The van der Waals surface area contributed by atoms with Gasteiger partial charge in [0.05, 0.1) is 11.2 Å². The molecule has 0 aliphatic rings. The lowest BCUT2D eigenvalue weighted by molar-refractivity contribution is 0.0946. The summed E-state index contributed by atoms with van der Waals surface area (Å²) in [4.78, 5) is 20.6. The number of rotatable bonds is 5. The number of halogens is 2. The van der Waals surface area contributed by atoms with Crippen LogP contribution in [-0.4, -0.2) is 35.4 Å². The third-order valence-electron chi connectivity index (χ3n) is 3.94. The van der Waals surface area contributed by atoms with E-state index in [1.807, 2.05) is 6.07 Å². The highest BCUT2D eigenvalue weighted by Gasteiger charge is 2.14. The van der Waals surface area contributed by atoms with E-state index in [0.29, 0.717) is 5.82 Å². The van der Waals surface area contributed by atoms with Gasteiger partial charge >= 0.3 is 0 Å². The number of benzene rings is 1. The maximum Gasteiger partial charge on any atom is 0.273 e. The van der Waals surface area contributed by atoms with Gasteiger partial charge in [-0.05, 0) is 29.8 Å². The Kier molecular flexibility index (Phi) is 4.81. The van der Waals surface area contributed by atoms with Gasteiger partial charge in [-0.15, -0.1) is 5.10 Å². The monoisotopic (exact) mass is 397 g/mol. The van der Waals surface area contributed by atoms with Gasteiger partial charge in [0.2, 0.25) is 0 Å². The number of amides is 1. The molecule has 3 heterocycles. The van der Waals surface area contributed by atoms with E-state index in [4.69, 9.17) is 11.6 Å². The molecular formula is C18H13ClFN7O. The maximum atomic E-state index is 14.1. The van der Waals surface area contributed by atoms with E-state index in [2.05, 4.69) is 25.6 Å². The number of carbonyl (C=O) groups excluding carboxylic acids is 1. The number of nitrogens with one attached hydrogen (secondary N) is 1. The molecule has 0 atom stereocenters. The zero-order valence-corrected chi connectivity index (χ0v) is 15.1. The van der Waals surface area contributed by atoms with Crippen molar-refractivity contribution in [3.05, 3.63) is 83.5 Å². The van der Waals surface area contributed by atoms with Crippen LogP contribution < -0.4 is 5.32 Å². The van der Waals surface area contributed by atoms with E-state index < -0.39 is 11.7 Å². The molecule has 0 saturated heterocycles. The van der Waals surface area contributed by atoms with Crippen molar-refractivity contribution >= 4 is 17.5 Å². The summed E-state index contributed by atoms with van der Waals surface area (Å²) in [5, 5.41) is 10.3. The summed E-state index contributed by atoms with van der Waals surface area (Å²) < 4.78 is 17.0. The van der Waals surface area contributed by atoms with E-state index in [-0.39, 0.29) is 22.9 Å². The van der Waals surface area contributed by atoms with Crippen LogP contribution in [0.15, 0.2) is 61.4 Å². The fourth-order valence-electron chi connectivity index (χ4n) is 2.53. The fourth-order valence-corrected chi connectivity index (χ4v) is 2.70. The molecule has 0 fully saturated rings. The lowest BCUT2D eigenvalue weighted by Gasteiger charge is -2.06. The van der Waals surface area contributed by atoms with Gasteiger partial charge in [-0.3, -0.25) is 9.36 Å². The Morgan fingerprint density at radius 2 is 2.14 bits per heavy atom. The highest BCUT2D eigenvalue weighted by atomic mass is 35.5. The first-order chi connectivity index (χ1) is 13.6. The molecule has 0 aliphatic carbocycles. The van der Waals surface area contributed by atoms with E-state index in [1.165, 1.54) is 23.0 Å². The van der Waals surface area contributed by atoms with Gasteiger partial charge in [0, 0.05) is 25.1 Å². The molecule has 0 unspecified atom stereocenters. The van der Waals surface area contributed by atoms with Crippen LogP contribution in [0.25, 0.3) is 11.5 Å². The van der Waals surface area contributed by atoms with Crippen molar-refractivity contribution in [2.45, 2.75) is 6.54 Å². The number of hydrogen-bond acceptors (Lipinski definition) is 5. The standard InChI is InChI=1S/C18H13ClFN7O/c19-13-2-1-3-15(17(13)20)27-10-14(24-25-27)18(28)23-9-12-4-5-22-16(8-12)26-7-6-21-11-26/h1-8,10-11H,9H2,(H,23,28). The molecule has 1 N–H and O–H groups in total. The Morgan fingerprint density at radius 1 is 1.25 bits per heavy atom. The fraction of sp³-hybridized carbons (Fsp3) is 0.0556. The van der Waals surface area contributed by atoms with Crippen molar-refractivity contribution in [2.24, 2.45) is 0 Å². The third-order valence-corrected chi connectivity index (χ3v) is 4.23. The van der Waals surface area contributed by atoms with Crippen molar-refractivity contribution in [1.82, 2.24) is 34.8 Å². The van der Waals surface area contributed by atoms with Gasteiger partial charge in [0.15, 0.2) is 11.5 Å². The largest absolute Gasteiger partial charge is 0.347 e. The Balaban J connectivity index is 1.46. The first kappa shape index (κ1) is 17.8. The predicted molar refractivity (Wildman–Crippen MR) is 98.9 cm³/mol. The van der Waals surface area contributed by atoms with Crippen LogP contribution in [0.5, 0.6) is 0 Å². The quantitative estimate of drug-likeness (QED) is 0.559. The summed E-state index contributed by atoms with van der Waals surface area (Å²) in [6, 6.07) is 8.13. The number of pyridine rings is 1. The van der Waals surface area contributed by atoms with Crippen molar-refractivity contribution in [2.75, 3.05) is 0 Å². The molecule has 8 nitrogen and oxygen atoms in total. The predicted octanol–water partition coefficient (Wildman–Crippen LogP) is 2.57. The number of aromatic nitrogens is 6. The van der Waals surface area contributed by atoms with E-state index >= 15 is 0 Å².